The van der Waals surface area contributed by atoms with E-state index in [0.29, 0.717) is 13.1 Å². The maximum absolute atomic E-state index is 12.5. The van der Waals surface area contributed by atoms with Crippen molar-refractivity contribution in [2.75, 3.05) is 13.1 Å². The van der Waals surface area contributed by atoms with Gasteiger partial charge in [0.15, 0.2) is 0 Å². The lowest BCUT2D eigenvalue weighted by atomic mass is 9.77. The molecule has 0 heterocycles. The van der Waals surface area contributed by atoms with Crippen LogP contribution >= 0.6 is 0 Å². The smallest absolute Gasteiger partial charge is 0.224 e. The maximum Gasteiger partial charge on any atom is 0.224 e. The zero-order chi connectivity index (χ0) is 16.7. The number of nitrogens with one attached hydrogen (secondary N) is 2. The van der Waals surface area contributed by atoms with Crippen LogP contribution in [-0.2, 0) is 9.59 Å². The largest absolute Gasteiger partial charge is 0.388 e. The molecule has 130 valence electrons. The lowest BCUT2D eigenvalue weighted by molar-refractivity contribution is -0.137. The van der Waals surface area contributed by atoms with Crippen LogP contribution in [0.4, 0.5) is 0 Å². The molecular formula is C18H30N2O3. The van der Waals surface area contributed by atoms with E-state index < -0.39 is 5.60 Å². The fraction of sp³-hybridized carbons (Fsp3) is 0.778. The fourth-order valence-corrected chi connectivity index (χ4v) is 3.83. The first-order valence-electron chi connectivity index (χ1n) is 8.94. The van der Waals surface area contributed by atoms with Gasteiger partial charge in [-0.25, -0.2) is 0 Å². The van der Waals surface area contributed by atoms with E-state index in [-0.39, 0.29) is 23.7 Å². The van der Waals surface area contributed by atoms with Crippen molar-refractivity contribution in [2.24, 2.45) is 11.8 Å². The van der Waals surface area contributed by atoms with Crippen LogP contribution in [0, 0.1) is 11.8 Å². The highest BCUT2D eigenvalue weighted by Gasteiger charge is 2.37. The van der Waals surface area contributed by atoms with Crippen molar-refractivity contribution < 1.29 is 14.7 Å². The third-order valence-corrected chi connectivity index (χ3v) is 5.24. The Morgan fingerprint density at radius 1 is 1.00 bits per heavy atom. The molecule has 2 aliphatic rings. The Kier molecular flexibility index (Phi) is 6.63. The van der Waals surface area contributed by atoms with Gasteiger partial charge in [0, 0.05) is 24.9 Å². The minimum absolute atomic E-state index is 0.0545. The van der Waals surface area contributed by atoms with E-state index in [1.54, 1.807) is 6.08 Å². The predicted octanol–water partition coefficient (Wildman–Crippen LogP) is 1.91. The van der Waals surface area contributed by atoms with Crippen molar-refractivity contribution >= 4 is 11.8 Å². The summed E-state index contributed by atoms with van der Waals surface area (Å²) in [5.41, 5.74) is -0.761. The summed E-state index contributed by atoms with van der Waals surface area (Å²) < 4.78 is 0. The van der Waals surface area contributed by atoms with Crippen molar-refractivity contribution in [3.05, 3.63) is 12.7 Å². The molecule has 0 unspecified atom stereocenters. The Balaban J connectivity index is 1.89. The standard InChI is InChI=1S/C18H30N2O3/c1-2-12-19-16(21)14-8-4-5-9-15(14)17(22)20-13-18(23)10-6-3-7-11-18/h2,14-15,23H,1,3-13H2,(H,19,21)(H,20,22)/t14-,15+/m1/s1. The van der Waals surface area contributed by atoms with Gasteiger partial charge < -0.3 is 15.7 Å². The van der Waals surface area contributed by atoms with Gasteiger partial charge in [0.25, 0.3) is 0 Å². The minimum Gasteiger partial charge on any atom is -0.388 e. The minimum atomic E-state index is -0.761. The van der Waals surface area contributed by atoms with Crippen molar-refractivity contribution in [3.8, 4) is 0 Å². The molecule has 2 saturated carbocycles. The van der Waals surface area contributed by atoms with Crippen LogP contribution in [0.25, 0.3) is 0 Å². The van der Waals surface area contributed by atoms with E-state index in [1.165, 1.54) is 0 Å². The lowest BCUT2D eigenvalue weighted by Crippen LogP contribution is -2.49. The van der Waals surface area contributed by atoms with Crippen molar-refractivity contribution in [2.45, 2.75) is 63.4 Å². The van der Waals surface area contributed by atoms with E-state index in [4.69, 9.17) is 0 Å². The molecule has 3 N–H and O–H groups in total. The predicted molar refractivity (Wildman–Crippen MR) is 89.7 cm³/mol. The van der Waals surface area contributed by atoms with E-state index >= 15 is 0 Å². The Morgan fingerprint density at radius 2 is 1.57 bits per heavy atom. The molecular weight excluding hydrogens is 292 g/mol. The maximum atomic E-state index is 12.5. The molecule has 2 amide bonds. The second-order valence-electron chi connectivity index (χ2n) is 7.03. The first-order chi connectivity index (χ1) is 11.1. The summed E-state index contributed by atoms with van der Waals surface area (Å²) >= 11 is 0. The molecule has 0 spiro atoms. The zero-order valence-electron chi connectivity index (χ0n) is 14.0. The molecule has 0 bridgehead atoms. The Labute approximate surface area is 138 Å². The average molecular weight is 322 g/mol. The fourth-order valence-electron chi connectivity index (χ4n) is 3.83. The number of carbonyl (C=O) groups is 2. The summed E-state index contributed by atoms with van der Waals surface area (Å²) in [6, 6.07) is 0. The number of hydrogen-bond acceptors (Lipinski definition) is 3. The van der Waals surface area contributed by atoms with Gasteiger partial charge in [-0.15, -0.1) is 6.58 Å². The lowest BCUT2D eigenvalue weighted by Gasteiger charge is -2.34. The molecule has 2 fully saturated rings. The van der Waals surface area contributed by atoms with Crippen LogP contribution < -0.4 is 10.6 Å². The quantitative estimate of drug-likeness (QED) is 0.654. The van der Waals surface area contributed by atoms with Gasteiger partial charge in [-0.1, -0.05) is 38.2 Å². The summed E-state index contributed by atoms with van der Waals surface area (Å²) in [4.78, 5) is 24.8. The number of hydrogen-bond donors (Lipinski definition) is 3. The highest BCUT2D eigenvalue weighted by atomic mass is 16.3. The molecule has 0 aromatic carbocycles. The first kappa shape index (κ1) is 18.0. The van der Waals surface area contributed by atoms with Crippen LogP contribution in [0.15, 0.2) is 12.7 Å². The van der Waals surface area contributed by atoms with Gasteiger partial charge in [0.2, 0.25) is 11.8 Å². The van der Waals surface area contributed by atoms with Crippen molar-refractivity contribution in [1.29, 1.82) is 0 Å². The van der Waals surface area contributed by atoms with E-state index in [0.717, 1.165) is 57.8 Å². The molecule has 2 atom stereocenters. The molecule has 5 nitrogen and oxygen atoms in total. The second-order valence-corrected chi connectivity index (χ2v) is 7.03. The number of amides is 2. The second kappa shape index (κ2) is 8.48. The number of rotatable bonds is 6. The molecule has 0 radical (unpaired) electrons. The van der Waals surface area contributed by atoms with Crippen LogP contribution in [0.5, 0.6) is 0 Å². The summed E-state index contributed by atoms with van der Waals surface area (Å²) in [6.45, 7) is 4.34. The summed E-state index contributed by atoms with van der Waals surface area (Å²) in [6.07, 6.45) is 9.81. The Hall–Kier alpha value is -1.36. The summed E-state index contributed by atoms with van der Waals surface area (Å²) in [5.74, 6) is -0.672. The normalized spacial score (nSPS) is 27.0. The molecule has 5 heteroatoms. The van der Waals surface area contributed by atoms with E-state index in [1.807, 2.05) is 0 Å². The number of carbonyl (C=O) groups excluding carboxylic acids is 2. The van der Waals surface area contributed by atoms with E-state index in [9.17, 15) is 14.7 Å². The third-order valence-electron chi connectivity index (χ3n) is 5.24. The first-order valence-corrected chi connectivity index (χ1v) is 8.94. The van der Waals surface area contributed by atoms with Gasteiger partial charge in [-0.05, 0) is 25.7 Å². The van der Waals surface area contributed by atoms with Crippen LogP contribution in [0.2, 0.25) is 0 Å². The highest BCUT2D eigenvalue weighted by Crippen LogP contribution is 2.31. The van der Waals surface area contributed by atoms with Gasteiger partial charge >= 0.3 is 0 Å². The van der Waals surface area contributed by atoms with Gasteiger partial charge in [0.1, 0.15) is 0 Å². The zero-order valence-corrected chi connectivity index (χ0v) is 14.0. The SMILES string of the molecule is C=CCNC(=O)[C@@H]1CCCC[C@@H]1C(=O)NCC1(O)CCCCC1. The summed E-state index contributed by atoms with van der Waals surface area (Å²) in [5, 5.41) is 16.2. The summed E-state index contributed by atoms with van der Waals surface area (Å²) in [7, 11) is 0. The Morgan fingerprint density at radius 3 is 2.13 bits per heavy atom. The Bertz CT molecular complexity index is 430. The molecule has 23 heavy (non-hydrogen) atoms. The van der Waals surface area contributed by atoms with Crippen molar-refractivity contribution in [1.82, 2.24) is 10.6 Å². The third kappa shape index (κ3) is 5.06. The molecule has 0 aliphatic heterocycles. The average Bonchev–Trinajstić information content (AvgIpc) is 2.58. The number of aliphatic hydroxyl groups is 1. The van der Waals surface area contributed by atoms with Gasteiger partial charge in [-0.3, -0.25) is 9.59 Å². The van der Waals surface area contributed by atoms with E-state index in [2.05, 4.69) is 17.2 Å². The molecule has 0 aromatic heterocycles. The molecule has 0 aromatic rings. The topological polar surface area (TPSA) is 78.4 Å². The van der Waals surface area contributed by atoms with Crippen LogP contribution in [0.1, 0.15) is 57.8 Å². The molecule has 0 saturated heterocycles. The van der Waals surface area contributed by atoms with Gasteiger partial charge in [-0.2, -0.15) is 0 Å². The monoisotopic (exact) mass is 322 g/mol. The highest BCUT2D eigenvalue weighted by molar-refractivity contribution is 5.88. The van der Waals surface area contributed by atoms with Crippen molar-refractivity contribution in [3.63, 3.8) is 0 Å². The van der Waals surface area contributed by atoms with Crippen LogP contribution in [0.3, 0.4) is 0 Å². The molecule has 2 aliphatic carbocycles. The van der Waals surface area contributed by atoms with Crippen LogP contribution in [-0.4, -0.2) is 35.6 Å². The molecule has 2 rings (SSSR count). The van der Waals surface area contributed by atoms with Gasteiger partial charge in [0.05, 0.1) is 5.60 Å².